The van der Waals surface area contributed by atoms with E-state index in [4.69, 9.17) is 9.72 Å². The van der Waals surface area contributed by atoms with Gasteiger partial charge in [-0.05, 0) is 149 Å². The lowest BCUT2D eigenvalue weighted by molar-refractivity contribution is 0.101. The minimum atomic E-state index is -1.51. The van der Waals surface area contributed by atoms with Crippen molar-refractivity contribution in [2.24, 2.45) is 11.8 Å². The maximum atomic E-state index is 15.4. The zero-order valence-corrected chi connectivity index (χ0v) is 31.1. The number of nitrogens with zero attached hydrogens (tertiary/aromatic N) is 1. The average Bonchev–Trinajstić information content (AvgIpc) is 3.01. The van der Waals surface area contributed by atoms with Gasteiger partial charge >= 0.3 is 0 Å². The third-order valence-corrected chi connectivity index (χ3v) is 9.73. The molecule has 48 heavy (non-hydrogen) atoms. The fourth-order valence-corrected chi connectivity index (χ4v) is 6.30. The highest BCUT2D eigenvalue weighted by Gasteiger charge is 2.26. The first-order valence-corrected chi connectivity index (χ1v) is 17.0. The van der Waals surface area contributed by atoms with E-state index in [1.807, 2.05) is 69.5 Å². The number of aryl methyl sites for hydroxylation is 2. The van der Waals surface area contributed by atoms with E-state index in [1.165, 1.54) is 13.8 Å². The van der Waals surface area contributed by atoms with Gasteiger partial charge in [0.1, 0.15) is 11.3 Å². The van der Waals surface area contributed by atoms with Crippen LogP contribution in [0.1, 0.15) is 114 Å². The number of pyridine rings is 1. The molecule has 0 spiro atoms. The summed E-state index contributed by atoms with van der Waals surface area (Å²) in [5.74, 6) is 1.11. The fraction of sp³-hybridized carbons (Fsp3) is 0.442. The van der Waals surface area contributed by atoms with Crippen LogP contribution in [0.3, 0.4) is 0 Å². The van der Waals surface area contributed by atoms with Crippen LogP contribution in [-0.4, -0.2) is 23.5 Å². The Labute approximate surface area is 288 Å². The monoisotopic (exact) mass is 655 g/mol. The molecule has 3 nitrogen and oxygen atoms in total. The summed E-state index contributed by atoms with van der Waals surface area (Å²) in [6.45, 7) is 24.4. The van der Waals surface area contributed by atoms with E-state index >= 15 is 4.39 Å². The van der Waals surface area contributed by atoms with Gasteiger partial charge in [0.05, 0.1) is 7.11 Å². The highest BCUT2D eigenvalue weighted by atomic mass is 19.1. The van der Waals surface area contributed by atoms with Gasteiger partial charge in [-0.2, -0.15) is 0 Å². The predicted octanol–water partition coefficient (Wildman–Crippen LogP) is 12.4. The van der Waals surface area contributed by atoms with Crippen LogP contribution in [0.5, 0.6) is 5.88 Å². The molecule has 0 saturated carbocycles. The number of hydrogen-bond donors (Lipinski definition) is 0. The quantitative estimate of drug-likeness (QED) is 0.128. The van der Waals surface area contributed by atoms with Crippen molar-refractivity contribution in [3.05, 3.63) is 106 Å². The molecule has 1 heterocycles. The zero-order chi connectivity index (χ0) is 36.1. The number of ether oxygens (including phenoxy) is 1. The molecule has 0 saturated heterocycles. The van der Waals surface area contributed by atoms with Crippen molar-refractivity contribution in [3.63, 3.8) is 0 Å². The van der Waals surface area contributed by atoms with Gasteiger partial charge < -0.3 is 4.74 Å². The molecule has 0 N–H and O–H groups in total. The Kier molecular flexibility index (Phi) is 12.5. The lowest BCUT2D eigenvalue weighted by atomic mass is 9.80. The number of ketones is 1. The SMILES string of the molecule is C=C(/C=C(\C=C/C)[C@@H](C)[C@@H](C)CC[C@H](C)c1cc(C(C)(C)F)ccc1-c1cc(-c2c(C)cc(C(C)=O)cc2C)cnc1OC)C(C)(C)F. The Bertz CT molecular complexity index is 1680. The highest BCUT2D eigenvalue weighted by Crippen LogP contribution is 2.42. The number of methoxy groups -OCH3 is 1. The molecule has 3 aromatic rings. The number of rotatable bonds is 14. The third kappa shape index (κ3) is 9.18. The van der Waals surface area contributed by atoms with Crippen molar-refractivity contribution >= 4 is 5.78 Å². The first-order chi connectivity index (χ1) is 22.3. The van der Waals surface area contributed by atoms with E-state index in [0.29, 0.717) is 28.5 Å². The maximum absolute atomic E-state index is 15.4. The third-order valence-electron chi connectivity index (χ3n) is 9.73. The number of carbonyl (C=O) groups excluding carboxylic acids is 1. The topological polar surface area (TPSA) is 39.2 Å². The van der Waals surface area contributed by atoms with Crippen molar-refractivity contribution in [2.45, 2.75) is 106 Å². The number of hydrogen-bond acceptors (Lipinski definition) is 3. The molecule has 258 valence electrons. The van der Waals surface area contributed by atoms with Crippen LogP contribution < -0.4 is 4.74 Å². The van der Waals surface area contributed by atoms with Crippen molar-refractivity contribution < 1.29 is 18.3 Å². The highest BCUT2D eigenvalue weighted by molar-refractivity contribution is 5.95. The predicted molar refractivity (Wildman–Crippen MR) is 198 cm³/mol. The number of aromatic nitrogens is 1. The number of allylic oxidation sites excluding steroid dienone is 5. The minimum absolute atomic E-state index is 0.0303. The molecule has 0 amide bonds. The lowest BCUT2D eigenvalue weighted by Gasteiger charge is -2.26. The Morgan fingerprint density at radius 2 is 1.60 bits per heavy atom. The minimum Gasteiger partial charge on any atom is -0.481 e. The van der Waals surface area contributed by atoms with Crippen molar-refractivity contribution in [1.82, 2.24) is 4.98 Å². The van der Waals surface area contributed by atoms with Gasteiger partial charge in [-0.1, -0.05) is 63.8 Å². The van der Waals surface area contributed by atoms with Crippen molar-refractivity contribution in [2.75, 3.05) is 7.11 Å². The Morgan fingerprint density at radius 3 is 2.12 bits per heavy atom. The standard InChI is InChI=1S/C43H55F2NO2/c1-14-15-33(22-30(6)42(9,10)44)31(7)26(2)16-17-27(3)38-24-36(43(11,12)45)18-19-37(38)39-23-35(25-46-41(39)48-13)40-28(4)20-34(32(8)47)21-29(40)5/h14-15,18-27,31H,6,16-17H2,1-5,7-13H3/b15-14-,33-22+/t26-,27-,31-/m0/s1. The molecule has 0 aliphatic heterocycles. The van der Waals surface area contributed by atoms with Crippen LogP contribution in [0.2, 0.25) is 0 Å². The van der Waals surface area contributed by atoms with Gasteiger partial charge in [0.2, 0.25) is 5.88 Å². The molecule has 0 fully saturated rings. The Morgan fingerprint density at radius 1 is 0.979 bits per heavy atom. The second-order valence-electron chi connectivity index (χ2n) is 14.5. The van der Waals surface area contributed by atoms with Gasteiger partial charge in [-0.15, -0.1) is 0 Å². The molecule has 0 radical (unpaired) electrons. The number of benzene rings is 2. The molecule has 1 aromatic heterocycles. The largest absolute Gasteiger partial charge is 0.481 e. The molecule has 2 aromatic carbocycles. The van der Waals surface area contributed by atoms with Crippen LogP contribution in [-0.2, 0) is 5.67 Å². The van der Waals surface area contributed by atoms with Gasteiger partial charge in [0, 0.05) is 22.9 Å². The first-order valence-electron chi connectivity index (χ1n) is 17.0. The first kappa shape index (κ1) is 38.6. The second-order valence-corrected chi connectivity index (χ2v) is 14.5. The fourth-order valence-electron chi connectivity index (χ4n) is 6.30. The summed E-state index contributed by atoms with van der Waals surface area (Å²) in [6, 6.07) is 11.8. The number of alkyl halides is 2. The molecule has 0 aliphatic carbocycles. The summed E-state index contributed by atoms with van der Waals surface area (Å²) < 4.78 is 35.8. The van der Waals surface area contributed by atoms with Crippen LogP contribution in [0.4, 0.5) is 8.78 Å². The molecule has 0 bridgehead atoms. The van der Waals surface area contributed by atoms with Crippen LogP contribution in [0.15, 0.2) is 78.5 Å². The van der Waals surface area contributed by atoms with E-state index in [2.05, 4.69) is 39.5 Å². The summed E-state index contributed by atoms with van der Waals surface area (Å²) >= 11 is 0. The van der Waals surface area contributed by atoms with Crippen molar-refractivity contribution in [3.8, 4) is 28.1 Å². The molecule has 0 aliphatic rings. The molecule has 3 atom stereocenters. The maximum Gasteiger partial charge on any atom is 0.221 e. The molecular weight excluding hydrogens is 600 g/mol. The van der Waals surface area contributed by atoms with E-state index < -0.39 is 11.3 Å². The molecule has 0 unspecified atom stereocenters. The van der Waals surface area contributed by atoms with Gasteiger partial charge in [0.25, 0.3) is 0 Å². The lowest BCUT2D eigenvalue weighted by Crippen LogP contribution is -2.16. The van der Waals surface area contributed by atoms with Crippen molar-refractivity contribution in [1.29, 1.82) is 0 Å². The second kappa shape index (κ2) is 15.6. The molecular formula is C43H55F2NO2. The van der Waals surface area contributed by atoms with Crippen LogP contribution in [0, 0.1) is 25.7 Å². The Balaban J connectivity index is 2.07. The van der Waals surface area contributed by atoms with E-state index in [-0.39, 0.29) is 17.6 Å². The molecule has 3 rings (SSSR count). The summed E-state index contributed by atoms with van der Waals surface area (Å²) in [5, 5.41) is 0. The molecule has 5 heteroatoms. The van der Waals surface area contributed by atoms with E-state index in [9.17, 15) is 9.18 Å². The summed E-state index contributed by atoms with van der Waals surface area (Å²) in [7, 11) is 1.61. The number of carbonyl (C=O) groups is 1. The summed E-state index contributed by atoms with van der Waals surface area (Å²) in [5.41, 5.74) is 6.59. The average molecular weight is 656 g/mol. The zero-order valence-electron chi connectivity index (χ0n) is 31.1. The Hall–Kier alpha value is -3.86. The number of halogens is 2. The van der Waals surface area contributed by atoms with E-state index in [1.54, 1.807) is 27.9 Å². The van der Waals surface area contributed by atoms with Gasteiger partial charge in [-0.3, -0.25) is 4.79 Å². The normalized spacial score (nSPS) is 14.6. The van der Waals surface area contributed by atoms with E-state index in [0.717, 1.165) is 57.4 Å². The van der Waals surface area contributed by atoms with Crippen LogP contribution in [0.25, 0.3) is 22.3 Å². The van der Waals surface area contributed by atoms with Crippen LogP contribution >= 0.6 is 0 Å². The van der Waals surface area contributed by atoms with Gasteiger partial charge in [0.15, 0.2) is 5.78 Å². The van der Waals surface area contributed by atoms with Gasteiger partial charge in [-0.25, -0.2) is 13.8 Å². The number of Topliss-reactive ketones (excluding diaryl/α,β-unsaturated/α-hetero) is 1. The smallest absolute Gasteiger partial charge is 0.221 e. The summed E-state index contributed by atoms with van der Waals surface area (Å²) in [4.78, 5) is 16.8. The summed E-state index contributed by atoms with van der Waals surface area (Å²) in [6.07, 6.45) is 9.53.